The molecule has 86 valence electrons. The van der Waals surface area contributed by atoms with Crippen molar-refractivity contribution in [3.05, 3.63) is 29.3 Å². The predicted octanol–water partition coefficient (Wildman–Crippen LogP) is 1.59. The lowest BCUT2D eigenvalue weighted by Crippen LogP contribution is -2.27. The second kappa shape index (κ2) is 4.14. The molecule has 4 heteroatoms. The fraction of sp³-hybridized carbons (Fsp3) is 0.417. The van der Waals surface area contributed by atoms with Gasteiger partial charge in [-0.3, -0.25) is 4.90 Å². The molecular weight excluding hydrogens is 204 g/mol. The van der Waals surface area contributed by atoms with Gasteiger partial charge in [-0.2, -0.15) is 0 Å². The van der Waals surface area contributed by atoms with Gasteiger partial charge in [0.25, 0.3) is 0 Å². The zero-order chi connectivity index (χ0) is 11.7. The molecular formula is C12H16N2O2. The number of carbonyl (C=O) groups is 1. The zero-order valence-electron chi connectivity index (χ0n) is 9.56. The monoisotopic (exact) mass is 220 g/mol. The highest BCUT2D eigenvalue weighted by molar-refractivity contribution is 5.90. The highest BCUT2D eigenvalue weighted by Crippen LogP contribution is 2.25. The third kappa shape index (κ3) is 1.88. The number of nitrogens with zero attached hydrogens (tertiary/aromatic N) is 1. The summed E-state index contributed by atoms with van der Waals surface area (Å²) >= 11 is 0. The Balaban J connectivity index is 2.30. The standard InChI is InChI=1S/C12H16N2O2/c1-8-3-4-9(2)11(5-8)14-7-10(6-13)16-12(14)15/h3-5,10H,6-7,13H2,1-2H3. The highest BCUT2D eigenvalue weighted by atomic mass is 16.6. The van der Waals surface area contributed by atoms with Gasteiger partial charge in [0.05, 0.1) is 12.2 Å². The summed E-state index contributed by atoms with van der Waals surface area (Å²) in [5.74, 6) is 0. The number of hydrogen-bond donors (Lipinski definition) is 1. The zero-order valence-corrected chi connectivity index (χ0v) is 9.56. The maximum absolute atomic E-state index is 11.7. The van der Waals surface area contributed by atoms with E-state index in [0.29, 0.717) is 13.1 Å². The third-order valence-corrected chi connectivity index (χ3v) is 2.79. The molecule has 1 fully saturated rings. The van der Waals surface area contributed by atoms with Crippen molar-refractivity contribution in [2.45, 2.75) is 20.0 Å². The molecule has 16 heavy (non-hydrogen) atoms. The highest BCUT2D eigenvalue weighted by Gasteiger charge is 2.32. The van der Waals surface area contributed by atoms with Gasteiger partial charge < -0.3 is 10.5 Å². The number of benzene rings is 1. The second-order valence-electron chi connectivity index (χ2n) is 4.14. The lowest BCUT2D eigenvalue weighted by Gasteiger charge is -2.16. The van der Waals surface area contributed by atoms with Crippen LogP contribution in [-0.2, 0) is 4.74 Å². The summed E-state index contributed by atoms with van der Waals surface area (Å²) in [6, 6.07) is 6.03. The van der Waals surface area contributed by atoms with Crippen LogP contribution < -0.4 is 10.6 Å². The third-order valence-electron chi connectivity index (χ3n) is 2.79. The Hall–Kier alpha value is -1.55. The van der Waals surface area contributed by atoms with E-state index in [9.17, 15) is 4.79 Å². The van der Waals surface area contributed by atoms with Crippen molar-refractivity contribution in [3.63, 3.8) is 0 Å². The van der Waals surface area contributed by atoms with Crippen LogP contribution in [0.4, 0.5) is 10.5 Å². The number of anilines is 1. The van der Waals surface area contributed by atoms with Crippen molar-refractivity contribution in [3.8, 4) is 0 Å². The first-order valence-corrected chi connectivity index (χ1v) is 5.37. The smallest absolute Gasteiger partial charge is 0.414 e. The van der Waals surface area contributed by atoms with Gasteiger partial charge in [0.15, 0.2) is 0 Å². The molecule has 1 heterocycles. The van der Waals surface area contributed by atoms with E-state index in [0.717, 1.165) is 16.8 Å². The first-order valence-electron chi connectivity index (χ1n) is 5.37. The van der Waals surface area contributed by atoms with Crippen LogP contribution in [0.5, 0.6) is 0 Å². The quantitative estimate of drug-likeness (QED) is 0.823. The number of carbonyl (C=O) groups excluding carboxylic acids is 1. The van der Waals surface area contributed by atoms with E-state index in [-0.39, 0.29) is 12.2 Å². The summed E-state index contributed by atoms with van der Waals surface area (Å²) in [6.45, 7) is 4.90. The summed E-state index contributed by atoms with van der Waals surface area (Å²) in [6.07, 6.45) is -0.489. The van der Waals surface area contributed by atoms with Crippen LogP contribution in [0.1, 0.15) is 11.1 Å². The molecule has 0 bridgehead atoms. The Morgan fingerprint density at radius 3 is 2.88 bits per heavy atom. The van der Waals surface area contributed by atoms with Crippen molar-refractivity contribution in [2.75, 3.05) is 18.0 Å². The van der Waals surface area contributed by atoms with E-state index >= 15 is 0 Å². The van der Waals surface area contributed by atoms with Gasteiger partial charge in [0, 0.05) is 6.54 Å². The first kappa shape index (κ1) is 11.0. The molecule has 0 saturated carbocycles. The van der Waals surface area contributed by atoms with Crippen molar-refractivity contribution in [2.24, 2.45) is 5.73 Å². The SMILES string of the molecule is Cc1ccc(C)c(N2CC(CN)OC2=O)c1. The van der Waals surface area contributed by atoms with Gasteiger partial charge >= 0.3 is 6.09 Å². The normalized spacial score (nSPS) is 20.1. The van der Waals surface area contributed by atoms with Gasteiger partial charge in [0.1, 0.15) is 6.10 Å². The Kier molecular flexibility index (Phi) is 2.83. The van der Waals surface area contributed by atoms with Crippen LogP contribution in [0.2, 0.25) is 0 Å². The number of rotatable bonds is 2. The van der Waals surface area contributed by atoms with Gasteiger partial charge in [-0.05, 0) is 31.0 Å². The van der Waals surface area contributed by atoms with Crippen LogP contribution >= 0.6 is 0 Å². The van der Waals surface area contributed by atoms with Crippen LogP contribution in [0, 0.1) is 13.8 Å². The molecule has 1 saturated heterocycles. The average molecular weight is 220 g/mol. The summed E-state index contributed by atoms with van der Waals surface area (Å²) < 4.78 is 5.13. The van der Waals surface area contributed by atoms with E-state index in [1.54, 1.807) is 4.90 Å². The Bertz CT molecular complexity index is 417. The number of amides is 1. The van der Waals surface area contributed by atoms with Crippen LogP contribution in [0.3, 0.4) is 0 Å². The maximum atomic E-state index is 11.7. The molecule has 0 spiro atoms. The molecule has 4 nitrogen and oxygen atoms in total. The topological polar surface area (TPSA) is 55.6 Å². The van der Waals surface area contributed by atoms with E-state index in [1.807, 2.05) is 32.0 Å². The molecule has 1 atom stereocenters. The van der Waals surface area contributed by atoms with Gasteiger partial charge in [-0.25, -0.2) is 4.79 Å². The lowest BCUT2D eigenvalue weighted by molar-refractivity contribution is 0.145. The van der Waals surface area contributed by atoms with Crippen molar-refractivity contribution < 1.29 is 9.53 Å². The fourth-order valence-electron chi connectivity index (χ4n) is 1.85. The molecule has 1 aliphatic rings. The van der Waals surface area contributed by atoms with E-state index in [4.69, 9.17) is 10.5 Å². The van der Waals surface area contributed by atoms with Crippen molar-refractivity contribution in [1.29, 1.82) is 0 Å². The van der Waals surface area contributed by atoms with Crippen molar-refractivity contribution >= 4 is 11.8 Å². The van der Waals surface area contributed by atoms with Crippen LogP contribution in [-0.4, -0.2) is 25.3 Å². The van der Waals surface area contributed by atoms with Gasteiger partial charge in [0.2, 0.25) is 0 Å². The number of ether oxygens (including phenoxy) is 1. The molecule has 1 aromatic carbocycles. The molecule has 1 aliphatic heterocycles. The Labute approximate surface area is 95.0 Å². The molecule has 2 rings (SSSR count). The second-order valence-corrected chi connectivity index (χ2v) is 4.14. The summed E-state index contributed by atoms with van der Waals surface area (Å²) in [5.41, 5.74) is 8.62. The van der Waals surface area contributed by atoms with Gasteiger partial charge in [-0.15, -0.1) is 0 Å². The molecule has 1 amide bonds. The molecule has 1 unspecified atom stereocenters. The first-order chi connectivity index (χ1) is 7.61. The number of cyclic esters (lactones) is 1. The Morgan fingerprint density at radius 1 is 1.50 bits per heavy atom. The minimum atomic E-state index is -0.302. The lowest BCUT2D eigenvalue weighted by atomic mass is 10.1. The Morgan fingerprint density at radius 2 is 2.25 bits per heavy atom. The largest absolute Gasteiger partial charge is 0.443 e. The predicted molar refractivity (Wildman–Crippen MR) is 62.6 cm³/mol. The van der Waals surface area contributed by atoms with Crippen molar-refractivity contribution in [1.82, 2.24) is 0 Å². The number of aryl methyl sites for hydroxylation is 2. The van der Waals surface area contributed by atoms with E-state index in [1.165, 1.54) is 0 Å². The number of hydrogen-bond acceptors (Lipinski definition) is 3. The summed E-state index contributed by atoms with van der Waals surface area (Å²) in [5, 5.41) is 0. The summed E-state index contributed by atoms with van der Waals surface area (Å²) in [7, 11) is 0. The number of nitrogens with two attached hydrogens (primary N) is 1. The van der Waals surface area contributed by atoms with Gasteiger partial charge in [-0.1, -0.05) is 12.1 Å². The molecule has 0 aromatic heterocycles. The maximum Gasteiger partial charge on any atom is 0.414 e. The molecule has 0 radical (unpaired) electrons. The average Bonchev–Trinajstić information content (AvgIpc) is 2.63. The van der Waals surface area contributed by atoms with E-state index in [2.05, 4.69) is 0 Å². The van der Waals surface area contributed by atoms with Crippen LogP contribution in [0.15, 0.2) is 18.2 Å². The minimum absolute atomic E-state index is 0.188. The summed E-state index contributed by atoms with van der Waals surface area (Å²) in [4.78, 5) is 13.3. The molecule has 0 aliphatic carbocycles. The van der Waals surface area contributed by atoms with E-state index < -0.39 is 0 Å². The fourth-order valence-corrected chi connectivity index (χ4v) is 1.85. The molecule has 1 aromatic rings. The molecule has 2 N–H and O–H groups in total. The van der Waals surface area contributed by atoms with Crippen LogP contribution in [0.25, 0.3) is 0 Å². The minimum Gasteiger partial charge on any atom is -0.443 e.